The van der Waals surface area contributed by atoms with Gasteiger partial charge in [0.05, 0.1) is 105 Å². The van der Waals surface area contributed by atoms with Crippen molar-refractivity contribution < 1.29 is 114 Å². The number of carbonyl (C=O) groups excluding carboxylic acids is 4. The summed E-state index contributed by atoms with van der Waals surface area (Å²) in [5, 5.41) is 3.56. The summed E-state index contributed by atoms with van der Waals surface area (Å²) in [6.45, 7) is 20.1. The zero-order chi connectivity index (χ0) is 83.3. The lowest BCUT2D eigenvalue weighted by atomic mass is 9.77. The van der Waals surface area contributed by atoms with E-state index in [1.807, 2.05) is 12.1 Å². The number of aryl methyl sites for hydroxylation is 1. The van der Waals surface area contributed by atoms with Crippen molar-refractivity contribution in [2.24, 2.45) is 5.92 Å². The van der Waals surface area contributed by atoms with Gasteiger partial charge in [-0.2, -0.15) is 8.42 Å². The molecule has 0 aliphatic heterocycles. The highest BCUT2D eigenvalue weighted by atomic mass is 32.2. The van der Waals surface area contributed by atoms with Crippen LogP contribution in [0, 0.1) is 12.8 Å². The van der Waals surface area contributed by atoms with Crippen LogP contribution >= 0.6 is 0 Å². The Bertz CT molecular complexity index is 4640. The second-order valence-corrected chi connectivity index (χ2v) is 33.9. The van der Waals surface area contributed by atoms with E-state index in [9.17, 15) is 52.8 Å². The minimum atomic E-state index is -3.58. The summed E-state index contributed by atoms with van der Waals surface area (Å²) in [5.74, 6) is 3.84. The lowest BCUT2D eigenvalue weighted by Gasteiger charge is -2.28. The molecular formula is C86H104O25S4. The number of esters is 4. The van der Waals surface area contributed by atoms with Crippen LogP contribution in [-0.4, -0.2) is 155 Å². The first-order valence-corrected chi connectivity index (χ1v) is 44.3. The van der Waals surface area contributed by atoms with Crippen molar-refractivity contribution >= 4 is 63.5 Å². The topological polar surface area (TPSA) is 325 Å². The van der Waals surface area contributed by atoms with Crippen molar-refractivity contribution in [1.29, 1.82) is 0 Å². The molecule has 0 atom stereocenters. The van der Waals surface area contributed by atoms with E-state index < -0.39 is 63.5 Å². The molecule has 0 N–H and O–H groups in total. The van der Waals surface area contributed by atoms with E-state index in [2.05, 4.69) is 45.4 Å². The van der Waals surface area contributed by atoms with Crippen molar-refractivity contribution in [2.75, 3.05) is 97.0 Å². The monoisotopic (exact) mass is 1660 g/mol. The molecule has 8 rings (SSSR count). The maximum absolute atomic E-state index is 12.7. The Morgan fingerprint density at radius 1 is 0.365 bits per heavy atom. The molecule has 1 aliphatic carbocycles. The van der Waals surface area contributed by atoms with Crippen molar-refractivity contribution in [3.63, 3.8) is 0 Å². The number of benzene rings is 7. The first-order valence-electron chi connectivity index (χ1n) is 37.7. The Balaban J connectivity index is 0.000000277. The van der Waals surface area contributed by atoms with Gasteiger partial charge in [0, 0.05) is 55.3 Å². The number of hydrogen-bond acceptors (Lipinski definition) is 25. The lowest BCUT2D eigenvalue weighted by molar-refractivity contribution is 0.0718. The maximum atomic E-state index is 12.7. The quantitative estimate of drug-likeness (QED) is 0.0148. The van der Waals surface area contributed by atoms with Gasteiger partial charge in [0.15, 0.2) is 29.5 Å². The molecule has 0 unspecified atom stereocenters. The molecule has 1 aliphatic rings. The van der Waals surface area contributed by atoms with Gasteiger partial charge in [-0.05, 0) is 226 Å². The molecule has 0 amide bonds. The zero-order valence-electron chi connectivity index (χ0n) is 65.3. The van der Waals surface area contributed by atoms with Crippen LogP contribution in [0.4, 0.5) is 0 Å². The van der Waals surface area contributed by atoms with Gasteiger partial charge in [-0.25, -0.2) is 44.4 Å². The standard InChI is InChI=1S/C35H40O12S2.C29H38O6S.C22H26O7S/c1-4-48(38,39)24-22-42-18-6-20-44-30-12-8-28(9-13-30)34(36)46-32-16-17-33(27(3)26-32)47-35(37)29-10-14-31(15-11-29)45-21-7-19-43-23-25-49(40,41)5-2;1-3-6-23-7-9-24(10-8-23)25-11-17-28(18-12-25)35-29(30)26-13-15-27(16-14-26)34-20-5-19-33-21-22-36(31,32)4-2;1-3-30(24,25)28-17-7-5-4-6-16-27-20-10-8-18(9-11-20)22(23)29-21-14-12-19(26-2)13-15-21/h4-5,8-17,26H,1-2,6-7,18-25H2,3H3;4,11-18,23-24H,2-3,5-10,19-22H2,1H3;3,8-15H,1,4-7,16-17H2,2H3. The summed E-state index contributed by atoms with van der Waals surface area (Å²) >= 11 is 0. The maximum Gasteiger partial charge on any atom is 0.343 e. The van der Waals surface area contributed by atoms with E-state index in [-0.39, 0.29) is 49.4 Å². The normalized spacial score (nSPS) is 13.3. The minimum absolute atomic E-state index is 0.0703. The first kappa shape index (κ1) is 93.9. The largest absolute Gasteiger partial charge is 0.497 e. The minimum Gasteiger partial charge on any atom is -0.497 e. The molecule has 29 heteroatoms. The van der Waals surface area contributed by atoms with Crippen LogP contribution in [0.25, 0.3) is 0 Å². The number of unbranched alkanes of at least 4 members (excludes halogenated alkanes) is 3. The molecular weight excluding hydrogens is 1560 g/mol. The Hall–Kier alpha value is -9.98. The molecule has 25 nitrogen and oxygen atoms in total. The number of hydrogen-bond donors (Lipinski definition) is 0. The predicted octanol–water partition coefficient (Wildman–Crippen LogP) is 15.8. The summed E-state index contributed by atoms with van der Waals surface area (Å²) in [5.41, 5.74) is 3.41. The molecule has 622 valence electrons. The van der Waals surface area contributed by atoms with Crippen LogP contribution in [-0.2, 0) is 58.0 Å². The third-order valence-corrected chi connectivity index (χ3v) is 22.1. The van der Waals surface area contributed by atoms with Gasteiger partial charge in [0.2, 0.25) is 0 Å². The van der Waals surface area contributed by atoms with Gasteiger partial charge in [-0.15, -0.1) is 0 Å². The predicted molar refractivity (Wildman–Crippen MR) is 440 cm³/mol. The summed E-state index contributed by atoms with van der Waals surface area (Å²) in [6, 6.07) is 45.8. The SMILES string of the molecule is C=CS(=O)(=O)CCOCCCOc1ccc(C(=O)Oc2ccc(C3CCC(CCC)CC3)cc2)cc1.C=CS(=O)(=O)CCOCCCOc1ccc(C(=O)Oc2ccc(OC(=O)c3ccc(OCCCOCCS(=O)(=O)C=C)cc3)c(C)c2)cc1.C=CS(=O)(=O)OCCCCCCOc1ccc(C(=O)Oc2ccc(OC)cc2)cc1. The van der Waals surface area contributed by atoms with Crippen molar-refractivity contribution in [2.45, 2.75) is 103 Å². The van der Waals surface area contributed by atoms with Crippen LogP contribution in [0.3, 0.4) is 0 Å². The highest BCUT2D eigenvalue weighted by Crippen LogP contribution is 2.38. The van der Waals surface area contributed by atoms with Gasteiger partial charge in [0.1, 0.15) is 51.7 Å². The number of methoxy groups -OCH3 is 1. The number of rotatable bonds is 49. The average molecular weight is 1670 g/mol. The molecule has 7 aromatic rings. The average Bonchev–Trinajstić information content (AvgIpc) is 0.851. The van der Waals surface area contributed by atoms with E-state index in [4.69, 9.17) is 61.0 Å². The fraction of sp³-hybridized carbons (Fsp3) is 0.372. The van der Waals surface area contributed by atoms with Gasteiger partial charge in [-0.3, -0.25) is 4.18 Å². The third-order valence-electron chi connectivity index (χ3n) is 17.5. The van der Waals surface area contributed by atoms with Gasteiger partial charge < -0.3 is 56.8 Å². The van der Waals surface area contributed by atoms with Crippen molar-refractivity contribution in [1.82, 2.24) is 0 Å². The molecule has 1 saturated carbocycles. The molecule has 7 aromatic carbocycles. The lowest BCUT2D eigenvalue weighted by Crippen LogP contribution is -2.13. The summed E-state index contributed by atoms with van der Waals surface area (Å²) in [7, 11) is -11.8. The Morgan fingerprint density at radius 2 is 0.696 bits per heavy atom. The Kier molecular flexibility index (Phi) is 41.1. The van der Waals surface area contributed by atoms with Crippen LogP contribution in [0.2, 0.25) is 0 Å². The highest BCUT2D eigenvalue weighted by Gasteiger charge is 2.23. The third kappa shape index (κ3) is 37.0. The van der Waals surface area contributed by atoms with E-state index in [1.54, 1.807) is 147 Å². The number of carbonyl (C=O) groups is 4. The highest BCUT2D eigenvalue weighted by molar-refractivity contribution is 7.94. The Labute approximate surface area is 676 Å². The second-order valence-electron chi connectivity index (χ2n) is 26.1. The van der Waals surface area contributed by atoms with E-state index >= 15 is 0 Å². The first-order chi connectivity index (χ1) is 55.2. The van der Waals surface area contributed by atoms with Gasteiger partial charge in [0.25, 0.3) is 10.1 Å². The van der Waals surface area contributed by atoms with E-state index in [0.717, 1.165) is 46.8 Å². The molecule has 115 heavy (non-hydrogen) atoms. The fourth-order valence-electron chi connectivity index (χ4n) is 11.0. The van der Waals surface area contributed by atoms with Gasteiger partial charge >= 0.3 is 23.9 Å². The van der Waals surface area contributed by atoms with Crippen molar-refractivity contribution in [3.05, 3.63) is 245 Å². The Morgan fingerprint density at radius 3 is 1.05 bits per heavy atom. The van der Waals surface area contributed by atoms with Crippen molar-refractivity contribution in [3.8, 4) is 51.7 Å². The molecule has 1 fully saturated rings. The molecule has 0 aromatic heterocycles. The molecule has 0 heterocycles. The van der Waals surface area contributed by atoms with Crippen LogP contribution < -0.4 is 42.6 Å². The second kappa shape index (κ2) is 50.4. The molecule has 0 spiro atoms. The summed E-state index contributed by atoms with van der Waals surface area (Å²) in [4.78, 5) is 50.1. The molecule has 0 saturated heterocycles. The van der Waals surface area contributed by atoms with E-state index in [0.29, 0.717) is 152 Å². The molecule has 0 radical (unpaired) electrons. The van der Waals surface area contributed by atoms with Gasteiger partial charge in [-0.1, -0.05) is 64.6 Å². The number of ether oxygens (including phenoxy) is 12. The fourth-order valence-corrected chi connectivity index (χ4v) is 13.0. The van der Waals surface area contributed by atoms with E-state index in [1.165, 1.54) is 50.2 Å². The van der Waals surface area contributed by atoms with Crippen LogP contribution in [0.15, 0.2) is 212 Å². The molecule has 0 bridgehead atoms. The summed E-state index contributed by atoms with van der Waals surface area (Å²) < 4.78 is 160. The van der Waals surface area contributed by atoms with Crippen LogP contribution in [0.1, 0.15) is 149 Å². The summed E-state index contributed by atoms with van der Waals surface area (Å²) in [6.07, 6.45) is 12.7. The number of sulfone groups is 3. The zero-order valence-corrected chi connectivity index (χ0v) is 68.6. The van der Waals surface area contributed by atoms with Crippen LogP contribution in [0.5, 0.6) is 51.7 Å². The smallest absolute Gasteiger partial charge is 0.343 e.